The fraction of sp³-hybridized carbons (Fsp3) is 0.600. The third-order valence-corrected chi connectivity index (χ3v) is 7.75. The maximum absolute atomic E-state index is 12.6. The van der Waals surface area contributed by atoms with Gasteiger partial charge in [0.25, 0.3) is 10.0 Å². The lowest BCUT2D eigenvalue weighted by Gasteiger charge is -2.33. The summed E-state index contributed by atoms with van der Waals surface area (Å²) in [4.78, 5) is 25.3. The molecule has 26 heavy (non-hydrogen) atoms. The van der Waals surface area contributed by atoms with Gasteiger partial charge in [0.15, 0.2) is 0 Å². The van der Waals surface area contributed by atoms with E-state index in [-0.39, 0.29) is 6.54 Å². The van der Waals surface area contributed by atoms with Gasteiger partial charge in [-0.3, -0.25) is 15.0 Å². The first kappa shape index (κ1) is 21.3. The molecule has 3 amide bonds. The Morgan fingerprint density at radius 2 is 1.88 bits per heavy atom. The molecule has 11 heteroatoms. The predicted molar refractivity (Wildman–Crippen MR) is 104 cm³/mol. The third-order valence-electron chi connectivity index (χ3n) is 3.76. The average molecular weight is 467 g/mol. The summed E-state index contributed by atoms with van der Waals surface area (Å²) in [5, 5.41) is 4.90. The van der Waals surface area contributed by atoms with Crippen LogP contribution in [0.5, 0.6) is 0 Å². The van der Waals surface area contributed by atoms with Crippen molar-refractivity contribution in [1.29, 1.82) is 0 Å². The van der Waals surface area contributed by atoms with E-state index in [4.69, 9.17) is 0 Å². The Labute approximate surface area is 166 Å². The van der Waals surface area contributed by atoms with Gasteiger partial charge in [0.1, 0.15) is 4.21 Å². The van der Waals surface area contributed by atoms with Crippen LogP contribution in [0.4, 0.5) is 4.79 Å². The van der Waals surface area contributed by atoms with Gasteiger partial charge in [-0.25, -0.2) is 13.2 Å². The molecule has 1 saturated heterocycles. The van der Waals surface area contributed by atoms with Crippen LogP contribution >= 0.6 is 27.3 Å². The minimum absolute atomic E-state index is 0.0630. The van der Waals surface area contributed by atoms with Crippen LogP contribution in [0.3, 0.4) is 0 Å². The zero-order chi connectivity index (χ0) is 19.3. The number of nitrogens with zero attached hydrogens (tertiary/aromatic N) is 2. The topological polar surface area (TPSA) is 98.8 Å². The number of hydrogen-bond acceptors (Lipinski definition) is 6. The molecule has 0 unspecified atom stereocenters. The largest absolute Gasteiger partial charge is 0.338 e. The van der Waals surface area contributed by atoms with Gasteiger partial charge >= 0.3 is 6.03 Å². The van der Waals surface area contributed by atoms with E-state index < -0.39 is 22.0 Å². The Hall–Kier alpha value is -1.01. The van der Waals surface area contributed by atoms with Gasteiger partial charge in [0.2, 0.25) is 5.91 Å². The van der Waals surface area contributed by atoms with Gasteiger partial charge in [-0.15, -0.1) is 11.3 Å². The van der Waals surface area contributed by atoms with Gasteiger partial charge < -0.3 is 5.32 Å². The number of urea groups is 1. The molecule has 0 saturated carbocycles. The van der Waals surface area contributed by atoms with E-state index in [2.05, 4.69) is 26.6 Å². The Balaban J connectivity index is 1.79. The number of thiophene rings is 1. The summed E-state index contributed by atoms with van der Waals surface area (Å²) < 4.78 is 27.6. The molecule has 0 radical (unpaired) electrons. The zero-order valence-electron chi connectivity index (χ0n) is 14.7. The van der Waals surface area contributed by atoms with E-state index in [9.17, 15) is 18.0 Å². The summed E-state index contributed by atoms with van der Waals surface area (Å²) in [6.45, 7) is 5.98. The fourth-order valence-corrected chi connectivity index (χ4v) is 5.99. The molecule has 2 rings (SSSR count). The number of imide groups is 1. The van der Waals surface area contributed by atoms with Crippen LogP contribution in [0.15, 0.2) is 20.1 Å². The van der Waals surface area contributed by atoms with Crippen molar-refractivity contribution in [3.8, 4) is 0 Å². The van der Waals surface area contributed by atoms with Crippen molar-refractivity contribution in [2.24, 2.45) is 5.92 Å². The SMILES string of the molecule is CC(C)CNC(=O)NC(=O)CN1CCN(S(=O)(=O)c2ccc(Br)s2)CC1. The lowest BCUT2D eigenvalue weighted by atomic mass is 10.2. The second kappa shape index (κ2) is 9.27. The molecule has 8 nitrogen and oxygen atoms in total. The summed E-state index contributed by atoms with van der Waals surface area (Å²) in [6, 6.07) is 2.79. The smallest absolute Gasteiger partial charge is 0.321 e. The highest BCUT2D eigenvalue weighted by Gasteiger charge is 2.30. The Kier molecular flexibility index (Phi) is 7.59. The molecule has 0 atom stereocenters. The van der Waals surface area contributed by atoms with Crippen molar-refractivity contribution in [3.63, 3.8) is 0 Å². The average Bonchev–Trinajstić information content (AvgIpc) is 3.00. The van der Waals surface area contributed by atoms with Gasteiger partial charge in [-0.05, 0) is 34.0 Å². The molecular formula is C15H23BrN4O4S2. The summed E-state index contributed by atoms with van der Waals surface area (Å²) in [5.41, 5.74) is 0. The second-order valence-corrected chi connectivity index (χ2v) is 11.0. The molecule has 1 aromatic rings. The Morgan fingerprint density at radius 1 is 1.23 bits per heavy atom. The van der Waals surface area contributed by atoms with E-state index in [1.165, 1.54) is 15.6 Å². The first-order valence-electron chi connectivity index (χ1n) is 8.24. The fourth-order valence-electron chi connectivity index (χ4n) is 2.40. The lowest BCUT2D eigenvalue weighted by molar-refractivity contribution is -0.121. The first-order valence-corrected chi connectivity index (χ1v) is 11.3. The van der Waals surface area contributed by atoms with Gasteiger partial charge in [0.05, 0.1) is 10.3 Å². The lowest BCUT2D eigenvalue weighted by Crippen LogP contribution is -2.52. The molecule has 0 spiro atoms. The monoisotopic (exact) mass is 466 g/mol. The summed E-state index contributed by atoms with van der Waals surface area (Å²) in [5.74, 6) is -0.0976. The minimum atomic E-state index is -3.50. The second-order valence-electron chi connectivity index (χ2n) is 6.39. The molecule has 1 aliphatic heterocycles. The standard InChI is InChI=1S/C15H23BrN4O4S2/c1-11(2)9-17-15(22)18-13(21)10-19-5-7-20(8-6-19)26(23,24)14-4-3-12(16)25-14/h3-4,11H,5-10H2,1-2H3,(H2,17,18,21,22). The zero-order valence-corrected chi connectivity index (χ0v) is 17.9. The predicted octanol–water partition coefficient (Wildman–Crippen LogP) is 1.30. The van der Waals surface area contributed by atoms with Crippen molar-refractivity contribution in [1.82, 2.24) is 19.8 Å². The summed E-state index contributed by atoms with van der Waals surface area (Å²) >= 11 is 4.45. The third kappa shape index (κ3) is 6.02. The van der Waals surface area contributed by atoms with E-state index in [0.717, 1.165) is 3.79 Å². The molecule has 146 valence electrons. The number of sulfonamides is 1. The molecule has 2 N–H and O–H groups in total. The highest BCUT2D eigenvalue weighted by atomic mass is 79.9. The van der Waals surface area contributed by atoms with Crippen LogP contribution in [-0.4, -0.2) is 68.8 Å². The highest BCUT2D eigenvalue weighted by molar-refractivity contribution is 9.11. The molecule has 1 aliphatic rings. The molecular weight excluding hydrogens is 444 g/mol. The van der Waals surface area contributed by atoms with Crippen LogP contribution in [0.2, 0.25) is 0 Å². The maximum atomic E-state index is 12.6. The summed E-state index contributed by atoms with van der Waals surface area (Å²) in [6.07, 6.45) is 0. The molecule has 2 heterocycles. The van der Waals surface area contributed by atoms with Crippen LogP contribution in [0.25, 0.3) is 0 Å². The van der Waals surface area contributed by atoms with Crippen molar-refractivity contribution < 1.29 is 18.0 Å². The van der Waals surface area contributed by atoms with Crippen LogP contribution in [0, 0.1) is 5.92 Å². The van der Waals surface area contributed by atoms with E-state index in [1.54, 1.807) is 12.1 Å². The van der Waals surface area contributed by atoms with E-state index >= 15 is 0 Å². The van der Waals surface area contributed by atoms with Crippen molar-refractivity contribution in [2.75, 3.05) is 39.3 Å². The molecule has 0 aromatic carbocycles. The quantitative estimate of drug-likeness (QED) is 0.657. The van der Waals surface area contributed by atoms with Crippen LogP contribution in [-0.2, 0) is 14.8 Å². The number of hydrogen-bond donors (Lipinski definition) is 2. The highest BCUT2D eigenvalue weighted by Crippen LogP contribution is 2.28. The number of carbonyl (C=O) groups excluding carboxylic acids is 2. The molecule has 0 aliphatic carbocycles. The van der Waals surface area contributed by atoms with Crippen molar-refractivity contribution in [2.45, 2.75) is 18.1 Å². The molecule has 0 bridgehead atoms. The number of amides is 3. The van der Waals surface area contributed by atoms with E-state index in [1.807, 2.05) is 18.7 Å². The maximum Gasteiger partial charge on any atom is 0.321 e. The Morgan fingerprint density at radius 3 is 2.42 bits per heavy atom. The van der Waals surface area contributed by atoms with Crippen LogP contribution in [0.1, 0.15) is 13.8 Å². The molecule has 1 aromatic heterocycles. The number of piperazine rings is 1. The molecule has 1 fully saturated rings. The van der Waals surface area contributed by atoms with E-state index in [0.29, 0.717) is 42.9 Å². The number of halogens is 1. The number of rotatable bonds is 6. The number of carbonyl (C=O) groups is 2. The van der Waals surface area contributed by atoms with Gasteiger partial charge in [0, 0.05) is 32.7 Å². The normalized spacial score (nSPS) is 16.6. The minimum Gasteiger partial charge on any atom is -0.338 e. The number of nitrogens with one attached hydrogen (secondary N) is 2. The van der Waals surface area contributed by atoms with Crippen molar-refractivity contribution >= 4 is 49.2 Å². The van der Waals surface area contributed by atoms with Gasteiger partial charge in [-0.2, -0.15) is 4.31 Å². The van der Waals surface area contributed by atoms with Gasteiger partial charge in [-0.1, -0.05) is 13.8 Å². The summed E-state index contributed by atoms with van der Waals surface area (Å²) in [7, 11) is -3.50. The first-order chi connectivity index (χ1) is 12.2. The van der Waals surface area contributed by atoms with Crippen molar-refractivity contribution in [3.05, 3.63) is 15.9 Å². The van der Waals surface area contributed by atoms with Crippen LogP contribution < -0.4 is 10.6 Å². The Bertz CT molecular complexity index is 743.